The molecule has 3 aromatic carbocycles. The molecule has 29 heavy (non-hydrogen) atoms. The van der Waals surface area contributed by atoms with Gasteiger partial charge < -0.3 is 0 Å². The van der Waals surface area contributed by atoms with Crippen molar-refractivity contribution in [2.45, 2.75) is 23.0 Å². The zero-order valence-electron chi connectivity index (χ0n) is 15.9. The van der Waals surface area contributed by atoms with Crippen LogP contribution in [0.1, 0.15) is 22.3 Å². The van der Waals surface area contributed by atoms with Crippen molar-refractivity contribution in [3.63, 3.8) is 0 Å². The van der Waals surface area contributed by atoms with Crippen molar-refractivity contribution in [1.82, 2.24) is 8.75 Å². The van der Waals surface area contributed by atoms with Gasteiger partial charge in [-0.2, -0.15) is 32.3 Å². The number of rotatable bonds is 0. The Morgan fingerprint density at radius 2 is 0.966 bits per heavy atom. The molecule has 144 valence electrons. The number of nitrogens with zero attached hydrogens (tertiary/aromatic N) is 2. The molecule has 4 bridgehead atoms. The summed E-state index contributed by atoms with van der Waals surface area (Å²) in [7, 11) is 0. The van der Waals surface area contributed by atoms with Gasteiger partial charge in [0.05, 0.1) is 11.7 Å². The first-order valence-corrected chi connectivity index (χ1v) is 12.6. The molecular formula is C24H20N2S3. The van der Waals surface area contributed by atoms with E-state index in [1.165, 1.54) is 34.0 Å². The predicted octanol–water partition coefficient (Wildman–Crippen LogP) is 7.05. The second-order valence-corrected chi connectivity index (χ2v) is 9.61. The quantitative estimate of drug-likeness (QED) is 0.297. The summed E-state index contributed by atoms with van der Waals surface area (Å²) in [5, 5.41) is 0. The lowest BCUT2D eigenvalue weighted by Gasteiger charge is -2.11. The molecular weight excluding hydrogens is 412 g/mol. The van der Waals surface area contributed by atoms with Crippen molar-refractivity contribution in [3.05, 3.63) is 95.1 Å². The number of hydrogen-bond acceptors (Lipinski definition) is 5. The SMILES string of the molecule is c1ccc2c(c1)CSCc1ccc(cc1)-c1nsnc1-c1ccc(cc1)CSC2. The highest BCUT2D eigenvalue weighted by Gasteiger charge is 2.13. The summed E-state index contributed by atoms with van der Waals surface area (Å²) >= 11 is 5.25. The summed E-state index contributed by atoms with van der Waals surface area (Å²) in [5.41, 5.74) is 9.83. The molecule has 1 aromatic heterocycles. The minimum Gasteiger partial charge on any atom is -0.172 e. The monoisotopic (exact) mass is 432 g/mol. The molecule has 0 spiro atoms. The van der Waals surface area contributed by atoms with E-state index >= 15 is 0 Å². The van der Waals surface area contributed by atoms with Gasteiger partial charge >= 0.3 is 0 Å². The predicted molar refractivity (Wildman–Crippen MR) is 127 cm³/mol. The molecule has 0 saturated carbocycles. The first-order chi connectivity index (χ1) is 14.4. The summed E-state index contributed by atoms with van der Waals surface area (Å²) < 4.78 is 9.16. The highest BCUT2D eigenvalue weighted by Crippen LogP contribution is 2.32. The average molecular weight is 433 g/mol. The van der Waals surface area contributed by atoms with Gasteiger partial charge in [-0.15, -0.1) is 0 Å². The molecule has 5 heteroatoms. The smallest absolute Gasteiger partial charge is 0.112 e. The van der Waals surface area contributed by atoms with Gasteiger partial charge in [-0.1, -0.05) is 72.8 Å². The van der Waals surface area contributed by atoms with Gasteiger partial charge in [0, 0.05) is 34.1 Å². The fraction of sp³-hybridized carbons (Fsp3) is 0.167. The van der Waals surface area contributed by atoms with Crippen molar-refractivity contribution in [3.8, 4) is 22.5 Å². The van der Waals surface area contributed by atoms with E-state index < -0.39 is 0 Å². The maximum absolute atomic E-state index is 4.58. The van der Waals surface area contributed by atoms with Gasteiger partial charge in [-0.25, -0.2) is 0 Å². The number of hydrogen-bond donors (Lipinski definition) is 0. The summed E-state index contributed by atoms with van der Waals surface area (Å²) in [4.78, 5) is 0. The van der Waals surface area contributed by atoms with Crippen LogP contribution in [-0.2, 0) is 23.0 Å². The van der Waals surface area contributed by atoms with Crippen LogP contribution in [0.15, 0.2) is 72.8 Å². The van der Waals surface area contributed by atoms with Crippen molar-refractivity contribution in [1.29, 1.82) is 0 Å². The lowest BCUT2D eigenvalue weighted by molar-refractivity contribution is 1.26. The van der Waals surface area contributed by atoms with Crippen LogP contribution in [0.4, 0.5) is 0 Å². The Kier molecular flexibility index (Phi) is 5.70. The van der Waals surface area contributed by atoms with E-state index in [2.05, 4.69) is 81.5 Å². The average Bonchev–Trinajstić information content (AvgIpc) is 3.25. The van der Waals surface area contributed by atoms with Gasteiger partial charge in [0.15, 0.2) is 0 Å². The normalized spacial score (nSPS) is 14.1. The molecule has 3 aliphatic rings. The Hall–Kier alpha value is -2.08. The van der Waals surface area contributed by atoms with Crippen LogP contribution in [0.25, 0.3) is 22.5 Å². The Morgan fingerprint density at radius 1 is 0.517 bits per heavy atom. The standard InChI is InChI=1S/C24H20N2S3/c1-2-4-22-16-28-14-18-7-11-20(12-8-18)24-23(25-29-26-24)19-9-5-17(6-10-19)13-27-15-21(22)3-1/h1-12H,13-16H2. The Bertz CT molecular complexity index is 1010. The van der Waals surface area contributed by atoms with Crippen molar-refractivity contribution in [2.24, 2.45) is 0 Å². The van der Waals surface area contributed by atoms with E-state index in [-0.39, 0.29) is 0 Å². The van der Waals surface area contributed by atoms with Crippen LogP contribution >= 0.6 is 35.3 Å². The van der Waals surface area contributed by atoms with Crippen LogP contribution in [-0.4, -0.2) is 8.75 Å². The van der Waals surface area contributed by atoms with E-state index in [1.807, 2.05) is 23.5 Å². The Morgan fingerprint density at radius 3 is 1.41 bits per heavy atom. The topological polar surface area (TPSA) is 25.8 Å². The molecule has 0 fully saturated rings. The summed E-state index contributed by atoms with van der Waals surface area (Å²) in [6.07, 6.45) is 0. The van der Waals surface area contributed by atoms with Gasteiger partial charge in [0.1, 0.15) is 11.4 Å². The molecule has 7 rings (SSSR count). The largest absolute Gasteiger partial charge is 0.172 e. The second kappa shape index (κ2) is 8.74. The van der Waals surface area contributed by atoms with Crippen LogP contribution in [0, 0.1) is 0 Å². The third-order valence-corrected chi connectivity index (χ3v) is 7.75. The van der Waals surface area contributed by atoms with E-state index in [1.54, 1.807) is 0 Å². The minimum atomic E-state index is 0.978. The molecule has 0 radical (unpaired) electrons. The molecule has 0 amide bonds. The van der Waals surface area contributed by atoms with E-state index in [0.29, 0.717) is 0 Å². The summed E-state index contributed by atoms with van der Waals surface area (Å²) in [5.74, 6) is 4.14. The van der Waals surface area contributed by atoms with E-state index in [4.69, 9.17) is 0 Å². The Balaban J connectivity index is 1.51. The molecule has 0 saturated heterocycles. The maximum Gasteiger partial charge on any atom is 0.112 e. The Labute approximate surface area is 184 Å². The minimum absolute atomic E-state index is 0.978. The molecule has 3 aliphatic heterocycles. The van der Waals surface area contributed by atoms with Crippen LogP contribution in [0.5, 0.6) is 0 Å². The molecule has 4 heterocycles. The molecule has 0 atom stereocenters. The molecule has 4 aromatic rings. The molecule has 0 unspecified atom stereocenters. The van der Waals surface area contributed by atoms with Gasteiger partial charge in [-0.05, 0) is 22.3 Å². The number of fused-ring (bicyclic) bond motifs is 2. The second-order valence-electron chi connectivity index (χ2n) is 7.11. The molecule has 2 nitrogen and oxygen atoms in total. The zero-order chi connectivity index (χ0) is 19.5. The van der Waals surface area contributed by atoms with Gasteiger partial charge in [-0.3, -0.25) is 0 Å². The highest BCUT2D eigenvalue weighted by atomic mass is 32.2. The zero-order valence-corrected chi connectivity index (χ0v) is 18.3. The van der Waals surface area contributed by atoms with Crippen molar-refractivity contribution >= 4 is 35.3 Å². The fourth-order valence-electron chi connectivity index (χ4n) is 3.48. The van der Waals surface area contributed by atoms with E-state index in [0.717, 1.165) is 45.5 Å². The van der Waals surface area contributed by atoms with Crippen molar-refractivity contribution < 1.29 is 0 Å². The van der Waals surface area contributed by atoms with Crippen LogP contribution in [0.3, 0.4) is 0 Å². The lowest BCUT2D eigenvalue weighted by atomic mass is 10.0. The first-order valence-electron chi connectivity index (χ1n) is 9.60. The van der Waals surface area contributed by atoms with Crippen LogP contribution < -0.4 is 0 Å². The molecule has 0 aliphatic carbocycles. The number of aromatic nitrogens is 2. The third-order valence-electron chi connectivity index (χ3n) is 5.11. The summed E-state index contributed by atoms with van der Waals surface area (Å²) in [6, 6.07) is 26.5. The fourth-order valence-corrected chi connectivity index (χ4v) is 6.13. The van der Waals surface area contributed by atoms with Gasteiger partial charge in [0.2, 0.25) is 0 Å². The van der Waals surface area contributed by atoms with Gasteiger partial charge in [0.25, 0.3) is 0 Å². The maximum atomic E-state index is 4.58. The summed E-state index contributed by atoms with van der Waals surface area (Å²) in [6.45, 7) is 0. The van der Waals surface area contributed by atoms with Crippen LogP contribution in [0.2, 0.25) is 0 Å². The number of thioether (sulfide) groups is 2. The third kappa shape index (κ3) is 4.27. The number of benzene rings is 3. The van der Waals surface area contributed by atoms with E-state index in [9.17, 15) is 0 Å². The highest BCUT2D eigenvalue weighted by molar-refractivity contribution is 7.98. The van der Waals surface area contributed by atoms with Crippen molar-refractivity contribution in [2.75, 3.05) is 0 Å². The first kappa shape index (κ1) is 18.9. The lowest BCUT2D eigenvalue weighted by Crippen LogP contribution is -1.93. The molecule has 0 N–H and O–H groups in total.